The monoisotopic (exact) mass is 508 g/mol. The van der Waals surface area contributed by atoms with Crippen LogP contribution < -0.4 is 19.6 Å². The molecule has 0 saturated heterocycles. The molecule has 8 heteroatoms. The summed E-state index contributed by atoms with van der Waals surface area (Å²) in [5, 5.41) is 4.50. The molecule has 3 rings (SSSR count). The van der Waals surface area contributed by atoms with Crippen molar-refractivity contribution in [1.82, 2.24) is 5.43 Å². The first-order valence-electron chi connectivity index (χ1n) is 11.8. The Bertz CT molecular complexity index is 1180. The summed E-state index contributed by atoms with van der Waals surface area (Å²) >= 11 is 5.87. The van der Waals surface area contributed by atoms with E-state index in [4.69, 9.17) is 25.8 Å². The number of carbonyl (C=O) groups is 2. The minimum absolute atomic E-state index is 0.157. The number of nitrogens with zero attached hydrogens (tertiary/aromatic N) is 1. The van der Waals surface area contributed by atoms with E-state index >= 15 is 0 Å². The van der Waals surface area contributed by atoms with E-state index in [1.54, 1.807) is 42.5 Å². The number of benzene rings is 3. The topological polar surface area (TPSA) is 86.2 Å². The number of aryl methyl sites for hydroxylation is 1. The predicted octanol–water partition coefficient (Wildman–Crippen LogP) is 5.83. The largest absolute Gasteiger partial charge is 0.490 e. The fourth-order valence-corrected chi connectivity index (χ4v) is 3.32. The maximum absolute atomic E-state index is 12.4. The summed E-state index contributed by atoms with van der Waals surface area (Å²) in [5.74, 6) is 0.351. The second-order valence-electron chi connectivity index (χ2n) is 7.86. The van der Waals surface area contributed by atoms with E-state index in [0.29, 0.717) is 34.3 Å². The van der Waals surface area contributed by atoms with Gasteiger partial charge in [0.1, 0.15) is 5.75 Å². The van der Waals surface area contributed by atoms with Crippen molar-refractivity contribution in [2.45, 2.75) is 33.1 Å². The molecule has 0 bridgehead atoms. The molecule has 3 aromatic carbocycles. The normalized spacial score (nSPS) is 10.8. The first-order valence-corrected chi connectivity index (χ1v) is 12.1. The number of hydrogen-bond acceptors (Lipinski definition) is 6. The highest BCUT2D eigenvalue weighted by molar-refractivity contribution is 6.30. The zero-order chi connectivity index (χ0) is 25.8. The van der Waals surface area contributed by atoms with Gasteiger partial charge in [0.05, 0.1) is 18.4 Å². The first-order chi connectivity index (χ1) is 17.5. The number of nitrogens with one attached hydrogen (secondary N) is 1. The molecule has 0 aliphatic carbocycles. The van der Waals surface area contributed by atoms with Crippen molar-refractivity contribution in [3.05, 3.63) is 88.4 Å². The average molecular weight is 509 g/mol. The molecule has 0 aromatic heterocycles. The van der Waals surface area contributed by atoms with Crippen molar-refractivity contribution in [2.24, 2.45) is 5.10 Å². The molecular formula is C28H29ClN2O5. The summed E-state index contributed by atoms with van der Waals surface area (Å²) < 4.78 is 16.6. The molecule has 0 heterocycles. The lowest BCUT2D eigenvalue weighted by Gasteiger charge is -2.11. The molecule has 0 aliphatic heterocycles. The van der Waals surface area contributed by atoms with E-state index in [0.717, 1.165) is 19.3 Å². The summed E-state index contributed by atoms with van der Waals surface area (Å²) in [6.07, 6.45) is 4.79. The van der Waals surface area contributed by atoms with Gasteiger partial charge in [0, 0.05) is 5.02 Å². The second-order valence-corrected chi connectivity index (χ2v) is 8.30. The van der Waals surface area contributed by atoms with Gasteiger partial charge in [-0.15, -0.1) is 0 Å². The zero-order valence-corrected chi connectivity index (χ0v) is 21.1. The van der Waals surface area contributed by atoms with Crippen molar-refractivity contribution < 1.29 is 23.8 Å². The Hall–Kier alpha value is -3.84. The van der Waals surface area contributed by atoms with Crippen LogP contribution in [0.15, 0.2) is 71.8 Å². The fourth-order valence-electron chi connectivity index (χ4n) is 3.20. The fraction of sp³-hybridized carbons (Fsp3) is 0.250. The Morgan fingerprint density at radius 3 is 2.39 bits per heavy atom. The molecule has 0 atom stereocenters. The van der Waals surface area contributed by atoms with Crippen molar-refractivity contribution in [3.63, 3.8) is 0 Å². The van der Waals surface area contributed by atoms with Crippen LogP contribution in [0.1, 0.15) is 48.2 Å². The number of rotatable bonds is 12. The van der Waals surface area contributed by atoms with Crippen LogP contribution in [0.2, 0.25) is 5.02 Å². The summed E-state index contributed by atoms with van der Waals surface area (Å²) in [4.78, 5) is 24.5. The highest BCUT2D eigenvalue weighted by atomic mass is 35.5. The van der Waals surface area contributed by atoms with Crippen LogP contribution in [0.5, 0.6) is 17.2 Å². The van der Waals surface area contributed by atoms with Crippen LogP contribution >= 0.6 is 11.6 Å². The Labute approximate surface area is 216 Å². The molecule has 188 valence electrons. The average Bonchev–Trinajstić information content (AvgIpc) is 2.88. The lowest BCUT2D eigenvalue weighted by molar-refractivity contribution is -0.123. The van der Waals surface area contributed by atoms with Gasteiger partial charge in [0.2, 0.25) is 0 Å². The molecule has 0 unspecified atom stereocenters. The van der Waals surface area contributed by atoms with Crippen LogP contribution in [-0.4, -0.2) is 31.3 Å². The Balaban J connectivity index is 1.53. The van der Waals surface area contributed by atoms with Gasteiger partial charge in [-0.25, -0.2) is 10.2 Å². The van der Waals surface area contributed by atoms with E-state index in [-0.39, 0.29) is 18.3 Å². The van der Waals surface area contributed by atoms with Crippen LogP contribution in [-0.2, 0) is 11.2 Å². The van der Waals surface area contributed by atoms with Crippen LogP contribution in [0.4, 0.5) is 0 Å². The van der Waals surface area contributed by atoms with Crippen LogP contribution in [0.25, 0.3) is 0 Å². The smallest absolute Gasteiger partial charge is 0.343 e. The van der Waals surface area contributed by atoms with Gasteiger partial charge in [-0.1, -0.05) is 37.1 Å². The molecule has 1 amide bonds. The molecule has 0 fully saturated rings. The SMILES string of the molecule is CCCCc1ccc(OCC(=O)N/N=C/c2ccc(OC(=O)c3ccc(Cl)cc3)c(OCC)c2)cc1. The van der Waals surface area contributed by atoms with E-state index in [1.807, 2.05) is 31.2 Å². The number of hydrazone groups is 1. The number of amides is 1. The van der Waals surface area contributed by atoms with Gasteiger partial charge in [0.25, 0.3) is 5.91 Å². The van der Waals surface area contributed by atoms with E-state index < -0.39 is 5.97 Å². The molecule has 0 saturated carbocycles. The minimum atomic E-state index is -0.531. The van der Waals surface area contributed by atoms with Gasteiger partial charge in [-0.05, 0) is 85.5 Å². The molecule has 0 aliphatic rings. The van der Waals surface area contributed by atoms with Crippen molar-refractivity contribution in [2.75, 3.05) is 13.2 Å². The summed E-state index contributed by atoms with van der Waals surface area (Å²) in [5.41, 5.74) is 4.69. The summed E-state index contributed by atoms with van der Waals surface area (Å²) in [6.45, 7) is 4.20. The third-order valence-electron chi connectivity index (χ3n) is 5.07. The van der Waals surface area contributed by atoms with Gasteiger partial charge < -0.3 is 14.2 Å². The van der Waals surface area contributed by atoms with Gasteiger partial charge in [0.15, 0.2) is 18.1 Å². The van der Waals surface area contributed by atoms with E-state index in [9.17, 15) is 9.59 Å². The highest BCUT2D eigenvalue weighted by Gasteiger charge is 2.13. The Morgan fingerprint density at radius 1 is 0.944 bits per heavy atom. The third kappa shape index (κ3) is 8.43. The van der Waals surface area contributed by atoms with Gasteiger partial charge in [-0.3, -0.25) is 4.79 Å². The van der Waals surface area contributed by atoms with Crippen molar-refractivity contribution in [3.8, 4) is 17.2 Å². The van der Waals surface area contributed by atoms with E-state index in [2.05, 4.69) is 17.5 Å². The van der Waals surface area contributed by atoms with Crippen LogP contribution in [0, 0.1) is 0 Å². The summed E-state index contributed by atoms with van der Waals surface area (Å²) in [7, 11) is 0. The molecule has 0 spiro atoms. The maximum Gasteiger partial charge on any atom is 0.343 e. The number of esters is 1. The predicted molar refractivity (Wildman–Crippen MR) is 140 cm³/mol. The van der Waals surface area contributed by atoms with Crippen LogP contribution in [0.3, 0.4) is 0 Å². The quantitative estimate of drug-likeness (QED) is 0.144. The Kier molecular flexibility index (Phi) is 10.3. The number of carbonyl (C=O) groups excluding carboxylic acids is 2. The molecule has 7 nitrogen and oxygen atoms in total. The number of hydrogen-bond donors (Lipinski definition) is 1. The lowest BCUT2D eigenvalue weighted by atomic mass is 10.1. The lowest BCUT2D eigenvalue weighted by Crippen LogP contribution is -2.24. The number of halogens is 1. The molecule has 0 radical (unpaired) electrons. The third-order valence-corrected chi connectivity index (χ3v) is 5.32. The number of ether oxygens (including phenoxy) is 3. The zero-order valence-electron chi connectivity index (χ0n) is 20.3. The summed E-state index contributed by atoms with van der Waals surface area (Å²) in [6, 6.07) is 19.1. The Morgan fingerprint density at radius 2 is 1.69 bits per heavy atom. The number of unbranched alkanes of at least 4 members (excludes halogenated alkanes) is 1. The standard InChI is InChI=1S/C28H29ClN2O5/c1-3-5-6-20-7-14-24(15-8-20)35-19-27(32)31-30-18-21-9-16-25(26(17-21)34-4-2)36-28(33)22-10-12-23(29)13-11-22/h7-18H,3-6,19H2,1-2H3,(H,31,32)/b30-18+. The first kappa shape index (κ1) is 26.8. The molecular weight excluding hydrogens is 480 g/mol. The molecule has 36 heavy (non-hydrogen) atoms. The highest BCUT2D eigenvalue weighted by Crippen LogP contribution is 2.29. The molecule has 1 N–H and O–H groups in total. The van der Waals surface area contributed by atoms with Crippen molar-refractivity contribution >= 4 is 29.7 Å². The van der Waals surface area contributed by atoms with Gasteiger partial charge >= 0.3 is 5.97 Å². The van der Waals surface area contributed by atoms with E-state index in [1.165, 1.54) is 11.8 Å². The second kappa shape index (κ2) is 13.9. The van der Waals surface area contributed by atoms with Crippen molar-refractivity contribution in [1.29, 1.82) is 0 Å². The minimum Gasteiger partial charge on any atom is -0.490 e. The maximum atomic E-state index is 12.4. The van der Waals surface area contributed by atoms with Gasteiger partial charge in [-0.2, -0.15) is 5.10 Å². The molecule has 3 aromatic rings.